The first-order valence-electron chi connectivity index (χ1n) is 8.02. The Morgan fingerprint density at radius 3 is 1.69 bits per heavy atom. The molecule has 0 bridgehead atoms. The summed E-state index contributed by atoms with van der Waals surface area (Å²) in [6.07, 6.45) is 0. The van der Waals surface area contributed by atoms with Gasteiger partial charge in [-0.05, 0) is 38.1 Å². The van der Waals surface area contributed by atoms with E-state index in [-0.39, 0.29) is 29.4 Å². The first kappa shape index (κ1) is 21.0. The van der Waals surface area contributed by atoms with Crippen LogP contribution in [0, 0.1) is 0 Å². The highest BCUT2D eigenvalue weighted by molar-refractivity contribution is 7.73. The minimum absolute atomic E-state index is 0.00930. The highest BCUT2D eigenvalue weighted by atomic mass is 31.2. The Hall–Kier alpha value is -1.30. The summed E-state index contributed by atoms with van der Waals surface area (Å²) in [4.78, 5) is 30.1. The van der Waals surface area contributed by atoms with Gasteiger partial charge in [-0.25, -0.2) is 0 Å². The fraction of sp³-hybridized carbons (Fsp3) is 0.294. The Bertz CT molecular complexity index is 809. The summed E-state index contributed by atoms with van der Waals surface area (Å²) in [5, 5.41) is 0.406. The molecule has 2 rings (SSSR count). The summed E-state index contributed by atoms with van der Waals surface area (Å²) in [5.41, 5.74) is -2.17. The van der Waals surface area contributed by atoms with Crippen LogP contribution in [0.15, 0.2) is 54.6 Å². The highest BCUT2D eigenvalue weighted by Gasteiger charge is 2.51. The van der Waals surface area contributed by atoms with E-state index in [0.717, 1.165) is 0 Å². The number of hydrogen-bond donors (Lipinski definition) is 3. The molecule has 0 aromatic heterocycles. The number of benzene rings is 2. The fourth-order valence-electron chi connectivity index (χ4n) is 2.59. The molecule has 1 unspecified atom stereocenters. The van der Waals surface area contributed by atoms with E-state index in [9.17, 15) is 23.8 Å². The molecule has 0 saturated heterocycles. The van der Waals surface area contributed by atoms with Gasteiger partial charge in [-0.15, -0.1) is 0 Å². The molecule has 0 amide bonds. The van der Waals surface area contributed by atoms with Gasteiger partial charge in [0.05, 0.1) is 0 Å². The third kappa shape index (κ3) is 4.00. The van der Waals surface area contributed by atoms with Crippen molar-refractivity contribution in [1.29, 1.82) is 0 Å². The van der Waals surface area contributed by atoms with Crippen LogP contribution in [0.25, 0.3) is 0 Å². The van der Waals surface area contributed by atoms with E-state index in [2.05, 4.69) is 0 Å². The van der Waals surface area contributed by atoms with Crippen molar-refractivity contribution < 1.29 is 33.3 Å². The van der Waals surface area contributed by atoms with E-state index in [1.807, 2.05) is 0 Å². The molecule has 0 aliphatic carbocycles. The molecule has 2 aromatic carbocycles. The Morgan fingerprint density at radius 2 is 1.27 bits per heavy atom. The van der Waals surface area contributed by atoms with E-state index in [1.165, 1.54) is 24.3 Å². The summed E-state index contributed by atoms with van der Waals surface area (Å²) < 4.78 is 35.5. The van der Waals surface area contributed by atoms with Crippen molar-refractivity contribution >= 4 is 25.6 Å². The molecule has 0 aliphatic heterocycles. The van der Waals surface area contributed by atoms with Crippen LogP contribution in [0.1, 0.15) is 19.4 Å². The quantitative estimate of drug-likeness (QED) is 0.460. The highest BCUT2D eigenvalue weighted by Crippen LogP contribution is 2.58. The van der Waals surface area contributed by atoms with Gasteiger partial charge in [0.15, 0.2) is 0 Å². The maximum absolute atomic E-state index is 12.8. The average Bonchev–Trinajstić information content (AvgIpc) is 2.61. The van der Waals surface area contributed by atoms with Crippen molar-refractivity contribution in [3.63, 3.8) is 0 Å². The van der Waals surface area contributed by atoms with E-state index in [1.54, 1.807) is 44.2 Å². The lowest BCUT2D eigenvalue weighted by atomic mass is 10.2. The van der Waals surface area contributed by atoms with Crippen molar-refractivity contribution in [3.8, 4) is 0 Å². The third-order valence-corrected chi connectivity index (χ3v) is 7.03. The molecule has 0 saturated carbocycles. The second kappa shape index (κ2) is 8.15. The largest absolute Gasteiger partial charge is 0.389 e. The lowest BCUT2D eigenvalue weighted by Crippen LogP contribution is -2.33. The predicted molar refractivity (Wildman–Crippen MR) is 99.0 cm³/mol. The summed E-state index contributed by atoms with van der Waals surface area (Å²) in [5.74, 6) is 0. The van der Waals surface area contributed by atoms with Crippen molar-refractivity contribution in [2.45, 2.75) is 19.4 Å². The van der Waals surface area contributed by atoms with Gasteiger partial charge >= 0.3 is 7.60 Å². The van der Waals surface area contributed by atoms with Crippen LogP contribution in [0.4, 0.5) is 0 Å². The van der Waals surface area contributed by atoms with E-state index < -0.39 is 20.5 Å². The van der Waals surface area contributed by atoms with Crippen LogP contribution in [0.3, 0.4) is 0 Å². The van der Waals surface area contributed by atoms with Gasteiger partial charge in [-0.1, -0.05) is 30.3 Å². The van der Waals surface area contributed by atoms with Gasteiger partial charge in [0.2, 0.25) is 0 Å². The van der Waals surface area contributed by atoms with Crippen molar-refractivity contribution in [2.75, 3.05) is 13.2 Å². The van der Waals surface area contributed by atoms with E-state index in [0.29, 0.717) is 0 Å². The molecule has 0 heterocycles. The first-order valence-corrected chi connectivity index (χ1v) is 11.3. The van der Waals surface area contributed by atoms with Crippen LogP contribution in [0.2, 0.25) is 0 Å². The third-order valence-electron chi connectivity index (χ3n) is 3.75. The predicted octanol–water partition coefficient (Wildman–Crippen LogP) is 2.27. The molecule has 3 N–H and O–H groups in total. The molecule has 0 aliphatic rings. The SMILES string of the molecule is CCOC(OCC)(c1ccc(P(=O)(O)c2ccccc2)cc1)P(=O)(O)O. The summed E-state index contributed by atoms with van der Waals surface area (Å²) in [7, 11) is -8.67. The Labute approximate surface area is 152 Å². The smallest absolute Gasteiger partial charge is 0.338 e. The van der Waals surface area contributed by atoms with Crippen LogP contribution < -0.4 is 10.6 Å². The molecule has 9 heteroatoms. The Kier molecular flexibility index (Phi) is 6.59. The van der Waals surface area contributed by atoms with Crippen molar-refractivity contribution in [2.24, 2.45) is 0 Å². The second-order valence-corrected chi connectivity index (χ2v) is 9.31. The molecule has 142 valence electrons. The minimum atomic E-state index is -4.85. The molecule has 2 aromatic rings. The van der Waals surface area contributed by atoms with E-state index in [4.69, 9.17) is 9.47 Å². The Balaban J connectivity index is 2.50. The molecular weight excluding hydrogens is 378 g/mol. The number of rotatable bonds is 8. The van der Waals surface area contributed by atoms with Gasteiger partial charge in [0, 0.05) is 29.4 Å². The van der Waals surface area contributed by atoms with Gasteiger partial charge in [-0.2, -0.15) is 0 Å². The topological polar surface area (TPSA) is 113 Å². The summed E-state index contributed by atoms with van der Waals surface area (Å²) in [6, 6.07) is 13.6. The van der Waals surface area contributed by atoms with Crippen LogP contribution in [-0.2, 0) is 24.1 Å². The summed E-state index contributed by atoms with van der Waals surface area (Å²) >= 11 is 0. The van der Waals surface area contributed by atoms with Crippen molar-refractivity contribution in [1.82, 2.24) is 0 Å². The van der Waals surface area contributed by atoms with Crippen LogP contribution in [-0.4, -0.2) is 27.9 Å². The number of ether oxygens (including phenoxy) is 2. The second-order valence-electron chi connectivity index (χ2n) is 5.45. The fourth-order valence-corrected chi connectivity index (χ4v) is 5.10. The van der Waals surface area contributed by atoms with Crippen LogP contribution >= 0.6 is 15.0 Å². The van der Waals surface area contributed by atoms with E-state index >= 15 is 0 Å². The lowest BCUT2D eigenvalue weighted by Gasteiger charge is -2.33. The maximum atomic E-state index is 12.8. The Morgan fingerprint density at radius 1 is 0.808 bits per heavy atom. The van der Waals surface area contributed by atoms with Crippen LogP contribution in [0.5, 0.6) is 0 Å². The van der Waals surface area contributed by atoms with Gasteiger partial charge in [-0.3, -0.25) is 9.13 Å². The molecule has 26 heavy (non-hydrogen) atoms. The first-order chi connectivity index (χ1) is 12.2. The minimum Gasteiger partial charge on any atom is -0.338 e. The van der Waals surface area contributed by atoms with Gasteiger partial charge in [0.1, 0.15) is 0 Å². The average molecular weight is 400 g/mol. The zero-order chi connectivity index (χ0) is 19.4. The summed E-state index contributed by atoms with van der Waals surface area (Å²) in [6.45, 7) is 3.20. The molecule has 0 fully saturated rings. The number of hydrogen-bond acceptors (Lipinski definition) is 4. The molecular formula is C17H22O7P2. The lowest BCUT2D eigenvalue weighted by molar-refractivity contribution is -0.192. The molecule has 0 radical (unpaired) electrons. The molecule has 7 nitrogen and oxygen atoms in total. The zero-order valence-corrected chi connectivity index (χ0v) is 16.3. The molecule has 0 spiro atoms. The molecule has 1 atom stereocenters. The maximum Gasteiger partial charge on any atom is 0.389 e. The zero-order valence-electron chi connectivity index (χ0n) is 14.5. The standard InChI is InChI=1S/C17H22O7P2/c1-3-23-17(24-4-2,26(20,21)22)14-10-12-16(13-11-14)25(18,19)15-8-6-5-7-9-15/h5-13H,3-4H2,1-2H3,(H,18,19)(H2,20,21,22). The van der Waals surface area contributed by atoms with Gasteiger partial charge < -0.3 is 24.2 Å². The van der Waals surface area contributed by atoms with Crippen molar-refractivity contribution in [3.05, 3.63) is 60.2 Å². The normalized spacial score (nSPS) is 14.8. The van der Waals surface area contributed by atoms with Gasteiger partial charge in [0.25, 0.3) is 12.9 Å². The monoisotopic (exact) mass is 400 g/mol.